The maximum absolute atomic E-state index is 3.78. The molecule has 9 heavy (non-hydrogen) atoms. The molecule has 0 aromatic carbocycles. The third-order valence-electron chi connectivity index (χ3n) is 1.06. The van der Waals surface area contributed by atoms with Crippen molar-refractivity contribution in [3.63, 3.8) is 0 Å². The van der Waals surface area contributed by atoms with Crippen LogP contribution >= 0.6 is 11.3 Å². The van der Waals surface area contributed by atoms with Gasteiger partial charge in [-0.1, -0.05) is 0 Å². The van der Waals surface area contributed by atoms with Gasteiger partial charge in [0, 0.05) is 9.75 Å². The molecule has 0 amide bonds. The highest BCUT2D eigenvalue weighted by Crippen LogP contribution is 2.15. The molecule has 0 atom stereocenters. The first kappa shape index (κ1) is 6.49. The highest BCUT2D eigenvalue weighted by Gasteiger charge is 1.91. The van der Waals surface area contributed by atoms with E-state index in [-0.39, 0.29) is 0 Å². The van der Waals surface area contributed by atoms with E-state index < -0.39 is 0 Å². The molecular weight excluding hydrogens is 130 g/mol. The van der Waals surface area contributed by atoms with E-state index in [9.17, 15) is 0 Å². The maximum Gasteiger partial charge on any atom is 0.0725 e. The number of thiophene rings is 1. The quantitative estimate of drug-likeness (QED) is 0.557. The van der Waals surface area contributed by atoms with Crippen LogP contribution in [0.25, 0.3) is 0 Å². The molecule has 0 bridgehead atoms. The Morgan fingerprint density at radius 2 is 2.44 bits per heavy atom. The summed E-state index contributed by atoms with van der Waals surface area (Å²) < 4.78 is 0. The lowest BCUT2D eigenvalue weighted by Crippen LogP contribution is -1.67. The largest absolute Gasteiger partial charge is 0.295 e. The number of hydrogen-bond acceptors (Lipinski definition) is 2. The van der Waals surface area contributed by atoms with Crippen LogP contribution in [0.4, 0.5) is 0 Å². The summed E-state index contributed by atoms with van der Waals surface area (Å²) in [5.74, 6) is 0. The van der Waals surface area contributed by atoms with E-state index in [0.29, 0.717) is 0 Å². The second kappa shape index (κ2) is 2.78. The van der Waals surface area contributed by atoms with Gasteiger partial charge in [0.2, 0.25) is 0 Å². The van der Waals surface area contributed by atoms with Gasteiger partial charge in [-0.25, -0.2) is 0 Å². The summed E-state index contributed by atoms with van der Waals surface area (Å²) in [6.45, 7) is 6.28. The predicted octanol–water partition coefficient (Wildman–Crippen LogP) is 2.26. The third kappa shape index (κ3) is 1.64. The maximum atomic E-state index is 3.78. The lowest BCUT2D eigenvalue weighted by Gasteiger charge is -1.83. The molecule has 1 nitrogen and oxygen atoms in total. The molecule has 0 aliphatic rings. The zero-order valence-corrected chi connectivity index (χ0v) is 6.24. The van der Waals surface area contributed by atoms with Crippen molar-refractivity contribution in [2.45, 2.75) is 13.5 Å². The van der Waals surface area contributed by atoms with Crippen molar-refractivity contribution in [3.8, 4) is 0 Å². The molecule has 1 aromatic rings. The Bertz CT molecular complexity index is 202. The van der Waals surface area contributed by atoms with Gasteiger partial charge in [-0.15, -0.1) is 11.3 Å². The smallest absolute Gasteiger partial charge is 0.0725 e. The zero-order chi connectivity index (χ0) is 6.69. The fourth-order valence-electron chi connectivity index (χ4n) is 0.680. The van der Waals surface area contributed by atoms with Gasteiger partial charge >= 0.3 is 0 Å². The van der Waals surface area contributed by atoms with Crippen LogP contribution in [-0.4, -0.2) is 6.72 Å². The molecule has 0 aliphatic carbocycles. The Kier molecular flexibility index (Phi) is 2.01. The number of aryl methyl sites for hydroxylation is 1. The molecule has 1 heterocycles. The van der Waals surface area contributed by atoms with Crippen molar-refractivity contribution >= 4 is 18.1 Å². The van der Waals surface area contributed by atoms with Crippen LogP contribution in [0.1, 0.15) is 9.75 Å². The van der Waals surface area contributed by atoms with E-state index in [1.54, 1.807) is 11.3 Å². The van der Waals surface area contributed by atoms with Crippen molar-refractivity contribution in [2.24, 2.45) is 4.99 Å². The van der Waals surface area contributed by atoms with Crippen molar-refractivity contribution < 1.29 is 0 Å². The Balaban J connectivity index is 2.72. The van der Waals surface area contributed by atoms with Crippen LogP contribution in [-0.2, 0) is 6.54 Å². The number of hydrogen-bond donors (Lipinski definition) is 0. The number of rotatable bonds is 2. The average Bonchev–Trinajstić information content (AvgIpc) is 2.17. The van der Waals surface area contributed by atoms with Gasteiger partial charge in [0.25, 0.3) is 0 Å². The molecule has 48 valence electrons. The van der Waals surface area contributed by atoms with Crippen LogP contribution in [0.5, 0.6) is 0 Å². The minimum atomic E-state index is 0.762. The van der Waals surface area contributed by atoms with Crippen molar-refractivity contribution in [3.05, 3.63) is 21.9 Å². The molecule has 0 saturated heterocycles. The van der Waals surface area contributed by atoms with Gasteiger partial charge in [-0.3, -0.25) is 4.99 Å². The van der Waals surface area contributed by atoms with E-state index in [2.05, 4.69) is 30.8 Å². The molecule has 0 spiro atoms. The molecular formula is C7H9NS. The molecule has 0 saturated carbocycles. The molecule has 0 radical (unpaired) electrons. The minimum Gasteiger partial charge on any atom is -0.295 e. The summed E-state index contributed by atoms with van der Waals surface area (Å²) in [6.07, 6.45) is 0. The van der Waals surface area contributed by atoms with Crippen molar-refractivity contribution in [1.29, 1.82) is 0 Å². The van der Waals surface area contributed by atoms with E-state index in [1.165, 1.54) is 9.75 Å². The van der Waals surface area contributed by atoms with Crippen molar-refractivity contribution in [2.75, 3.05) is 0 Å². The molecule has 1 rings (SSSR count). The fourth-order valence-corrected chi connectivity index (χ4v) is 1.52. The van der Waals surface area contributed by atoms with Crippen molar-refractivity contribution in [1.82, 2.24) is 0 Å². The zero-order valence-electron chi connectivity index (χ0n) is 5.42. The molecule has 0 fully saturated rings. The summed E-state index contributed by atoms with van der Waals surface area (Å²) in [5, 5.41) is 0. The topological polar surface area (TPSA) is 12.4 Å². The number of aliphatic imine (C=N–C) groups is 1. The SMILES string of the molecule is C=NCc1ccc(C)s1. The van der Waals surface area contributed by atoms with Gasteiger partial charge in [-0.2, -0.15) is 0 Å². The van der Waals surface area contributed by atoms with Crippen LogP contribution in [0.15, 0.2) is 17.1 Å². The van der Waals surface area contributed by atoms with E-state index in [0.717, 1.165) is 6.54 Å². The van der Waals surface area contributed by atoms with Crippen LogP contribution < -0.4 is 0 Å². The van der Waals surface area contributed by atoms with Gasteiger partial charge in [-0.05, 0) is 25.8 Å². The lowest BCUT2D eigenvalue weighted by molar-refractivity contribution is 1.12. The van der Waals surface area contributed by atoms with E-state index in [1.807, 2.05) is 0 Å². The third-order valence-corrected chi connectivity index (χ3v) is 2.05. The lowest BCUT2D eigenvalue weighted by atomic mass is 10.4. The van der Waals surface area contributed by atoms with Crippen LogP contribution in [0.3, 0.4) is 0 Å². The molecule has 2 heteroatoms. The van der Waals surface area contributed by atoms with Gasteiger partial charge in [0.1, 0.15) is 0 Å². The summed E-state index contributed by atoms with van der Waals surface area (Å²) in [5.41, 5.74) is 0. The normalized spacial score (nSPS) is 9.44. The second-order valence-electron chi connectivity index (χ2n) is 1.89. The summed E-state index contributed by atoms with van der Waals surface area (Å²) in [7, 11) is 0. The highest BCUT2D eigenvalue weighted by molar-refractivity contribution is 7.11. The number of nitrogens with zero attached hydrogens (tertiary/aromatic N) is 1. The van der Waals surface area contributed by atoms with Gasteiger partial charge in [0.05, 0.1) is 6.54 Å². The summed E-state index contributed by atoms with van der Waals surface area (Å²) in [4.78, 5) is 6.42. The van der Waals surface area contributed by atoms with Crippen LogP contribution in [0, 0.1) is 6.92 Å². The highest BCUT2D eigenvalue weighted by atomic mass is 32.1. The predicted molar refractivity (Wildman–Crippen MR) is 42.3 cm³/mol. The Labute approximate surface area is 59.1 Å². The Morgan fingerprint density at radius 1 is 1.67 bits per heavy atom. The average molecular weight is 139 g/mol. The second-order valence-corrected chi connectivity index (χ2v) is 3.27. The van der Waals surface area contributed by atoms with Gasteiger partial charge < -0.3 is 0 Å². The molecule has 1 aromatic heterocycles. The van der Waals surface area contributed by atoms with Gasteiger partial charge in [0.15, 0.2) is 0 Å². The minimum absolute atomic E-state index is 0.762. The monoisotopic (exact) mass is 139 g/mol. The standard InChI is InChI=1S/C7H9NS/c1-6-3-4-7(9-6)5-8-2/h3-4H,2,5H2,1H3. The first-order valence-corrected chi connectivity index (χ1v) is 3.62. The Hall–Kier alpha value is -0.630. The fraction of sp³-hybridized carbons (Fsp3) is 0.286. The summed E-state index contributed by atoms with van der Waals surface area (Å²) in [6, 6.07) is 4.19. The van der Waals surface area contributed by atoms with E-state index in [4.69, 9.17) is 0 Å². The first-order valence-electron chi connectivity index (χ1n) is 2.80. The Morgan fingerprint density at radius 3 is 2.89 bits per heavy atom. The molecule has 0 unspecified atom stereocenters. The molecule has 0 N–H and O–H groups in total. The molecule has 0 aliphatic heterocycles. The first-order chi connectivity index (χ1) is 4.33. The van der Waals surface area contributed by atoms with E-state index >= 15 is 0 Å². The summed E-state index contributed by atoms with van der Waals surface area (Å²) >= 11 is 1.78. The van der Waals surface area contributed by atoms with Crippen LogP contribution in [0.2, 0.25) is 0 Å².